The van der Waals surface area contributed by atoms with E-state index in [1.54, 1.807) is 24.3 Å². The summed E-state index contributed by atoms with van der Waals surface area (Å²) >= 11 is 5.82. The number of anilines is 2. The molecule has 2 aromatic rings. The van der Waals surface area contributed by atoms with Crippen LogP contribution in [0.4, 0.5) is 16.2 Å². The molecule has 1 saturated carbocycles. The maximum absolute atomic E-state index is 12.0. The molecule has 0 bridgehead atoms. The van der Waals surface area contributed by atoms with Crippen LogP contribution in [0, 0.1) is 0 Å². The molecule has 1 fully saturated rings. The second-order valence-corrected chi connectivity index (χ2v) is 6.07. The number of benzene rings is 2. The van der Waals surface area contributed by atoms with Crippen LogP contribution >= 0.6 is 11.6 Å². The summed E-state index contributed by atoms with van der Waals surface area (Å²) in [4.78, 5) is 12.0. The summed E-state index contributed by atoms with van der Waals surface area (Å²) < 4.78 is 5.94. The molecule has 0 spiro atoms. The molecule has 5 heteroatoms. The third-order valence-corrected chi connectivity index (χ3v) is 4.05. The summed E-state index contributed by atoms with van der Waals surface area (Å²) in [5.41, 5.74) is 1.39. The van der Waals surface area contributed by atoms with Crippen molar-refractivity contribution < 1.29 is 9.53 Å². The van der Waals surface area contributed by atoms with E-state index < -0.39 is 0 Å². The standard InChI is InChI=1S/C18H19ClN2O2/c19-13-8-10-14(11-9-13)20-18(22)21-15-4-3-7-17(12-15)23-16-5-1-2-6-16/h3-4,7-12,16H,1-2,5-6H2,(H2,20,21,22). The zero-order valence-electron chi connectivity index (χ0n) is 12.7. The number of nitrogens with one attached hydrogen (secondary N) is 2. The zero-order valence-corrected chi connectivity index (χ0v) is 13.5. The van der Waals surface area contributed by atoms with Gasteiger partial charge in [-0.15, -0.1) is 0 Å². The molecule has 0 heterocycles. The highest BCUT2D eigenvalue weighted by molar-refractivity contribution is 6.30. The lowest BCUT2D eigenvalue weighted by molar-refractivity contribution is 0.210. The van der Waals surface area contributed by atoms with Gasteiger partial charge in [-0.05, 0) is 62.1 Å². The Labute approximate surface area is 140 Å². The Kier molecular flexibility index (Phi) is 5.03. The van der Waals surface area contributed by atoms with E-state index in [0.29, 0.717) is 22.5 Å². The van der Waals surface area contributed by atoms with E-state index in [9.17, 15) is 4.79 Å². The van der Waals surface area contributed by atoms with Gasteiger partial charge in [0.1, 0.15) is 5.75 Å². The van der Waals surface area contributed by atoms with Crippen molar-refractivity contribution in [2.75, 3.05) is 10.6 Å². The van der Waals surface area contributed by atoms with Crippen LogP contribution in [0.3, 0.4) is 0 Å². The maximum Gasteiger partial charge on any atom is 0.323 e. The third kappa shape index (κ3) is 4.63. The monoisotopic (exact) mass is 330 g/mol. The van der Waals surface area contributed by atoms with E-state index in [2.05, 4.69) is 10.6 Å². The van der Waals surface area contributed by atoms with Crippen molar-refractivity contribution in [3.8, 4) is 5.75 Å². The van der Waals surface area contributed by atoms with Crippen LogP contribution < -0.4 is 15.4 Å². The Morgan fingerprint density at radius 1 is 1.00 bits per heavy atom. The molecule has 23 heavy (non-hydrogen) atoms. The van der Waals surface area contributed by atoms with Crippen LogP contribution in [0.25, 0.3) is 0 Å². The van der Waals surface area contributed by atoms with Gasteiger partial charge in [0.2, 0.25) is 0 Å². The summed E-state index contributed by atoms with van der Waals surface area (Å²) in [6, 6.07) is 14.1. The number of urea groups is 1. The molecule has 2 amide bonds. The smallest absolute Gasteiger partial charge is 0.323 e. The van der Waals surface area contributed by atoms with Crippen LogP contribution in [0.5, 0.6) is 5.75 Å². The normalized spacial score (nSPS) is 14.5. The summed E-state index contributed by atoms with van der Waals surface area (Å²) in [7, 11) is 0. The number of halogens is 1. The number of hydrogen-bond donors (Lipinski definition) is 2. The molecule has 0 aromatic heterocycles. The van der Waals surface area contributed by atoms with Gasteiger partial charge in [0.15, 0.2) is 0 Å². The molecule has 2 aromatic carbocycles. The van der Waals surface area contributed by atoms with Gasteiger partial charge in [0.05, 0.1) is 6.10 Å². The molecule has 0 saturated heterocycles. The Morgan fingerprint density at radius 2 is 1.70 bits per heavy atom. The van der Waals surface area contributed by atoms with Gasteiger partial charge in [0.25, 0.3) is 0 Å². The predicted octanol–water partition coefficient (Wildman–Crippen LogP) is 5.31. The lowest BCUT2D eigenvalue weighted by atomic mass is 10.2. The average Bonchev–Trinajstić information content (AvgIpc) is 3.03. The third-order valence-electron chi connectivity index (χ3n) is 3.80. The minimum Gasteiger partial charge on any atom is -0.490 e. The molecule has 1 aliphatic carbocycles. The van der Waals surface area contributed by atoms with Crippen molar-refractivity contribution in [2.45, 2.75) is 31.8 Å². The van der Waals surface area contributed by atoms with Gasteiger partial charge < -0.3 is 15.4 Å². The van der Waals surface area contributed by atoms with Crippen LogP contribution in [0.2, 0.25) is 5.02 Å². The van der Waals surface area contributed by atoms with Gasteiger partial charge >= 0.3 is 6.03 Å². The molecule has 0 radical (unpaired) electrons. The number of carbonyl (C=O) groups excluding carboxylic acids is 1. The lowest BCUT2D eigenvalue weighted by Crippen LogP contribution is -2.19. The van der Waals surface area contributed by atoms with E-state index in [0.717, 1.165) is 18.6 Å². The van der Waals surface area contributed by atoms with Gasteiger partial charge in [-0.2, -0.15) is 0 Å². The first-order valence-corrected chi connectivity index (χ1v) is 8.17. The highest BCUT2D eigenvalue weighted by Crippen LogP contribution is 2.25. The Hall–Kier alpha value is -2.20. The topological polar surface area (TPSA) is 50.4 Å². The fourth-order valence-corrected chi connectivity index (χ4v) is 2.80. The van der Waals surface area contributed by atoms with Crippen molar-refractivity contribution in [3.63, 3.8) is 0 Å². The summed E-state index contributed by atoms with van der Waals surface area (Å²) in [5, 5.41) is 6.20. The first-order valence-electron chi connectivity index (χ1n) is 7.79. The van der Waals surface area contributed by atoms with Crippen LogP contribution in [-0.4, -0.2) is 12.1 Å². The highest BCUT2D eigenvalue weighted by atomic mass is 35.5. The summed E-state index contributed by atoms with van der Waals surface area (Å²) in [6.07, 6.45) is 4.97. The zero-order chi connectivity index (χ0) is 16.1. The number of rotatable bonds is 4. The number of ether oxygens (including phenoxy) is 1. The molecule has 1 aliphatic rings. The van der Waals surface area contributed by atoms with Crippen LogP contribution in [0.15, 0.2) is 48.5 Å². The fraction of sp³-hybridized carbons (Fsp3) is 0.278. The molecule has 0 unspecified atom stereocenters. The van der Waals surface area contributed by atoms with E-state index in [1.165, 1.54) is 12.8 Å². The van der Waals surface area contributed by atoms with E-state index in [4.69, 9.17) is 16.3 Å². The lowest BCUT2D eigenvalue weighted by Gasteiger charge is -2.14. The second kappa shape index (κ2) is 7.38. The molecular weight excluding hydrogens is 312 g/mol. The van der Waals surface area contributed by atoms with E-state index in [-0.39, 0.29) is 6.03 Å². The van der Waals surface area contributed by atoms with Crippen LogP contribution in [0.1, 0.15) is 25.7 Å². The van der Waals surface area contributed by atoms with Crippen molar-refractivity contribution >= 4 is 29.0 Å². The molecule has 2 N–H and O–H groups in total. The molecule has 3 rings (SSSR count). The fourth-order valence-electron chi connectivity index (χ4n) is 2.67. The van der Waals surface area contributed by atoms with Crippen LogP contribution in [-0.2, 0) is 0 Å². The maximum atomic E-state index is 12.0. The van der Waals surface area contributed by atoms with E-state index in [1.807, 2.05) is 24.3 Å². The summed E-state index contributed by atoms with van der Waals surface area (Å²) in [5.74, 6) is 0.793. The average molecular weight is 331 g/mol. The van der Waals surface area contributed by atoms with Crippen molar-refractivity contribution in [1.82, 2.24) is 0 Å². The predicted molar refractivity (Wildman–Crippen MR) is 93.4 cm³/mol. The van der Waals surface area contributed by atoms with Crippen molar-refractivity contribution in [1.29, 1.82) is 0 Å². The highest BCUT2D eigenvalue weighted by Gasteiger charge is 2.16. The minimum absolute atomic E-state index is 0.299. The van der Waals surface area contributed by atoms with Gasteiger partial charge in [0, 0.05) is 22.5 Å². The van der Waals surface area contributed by atoms with Crippen molar-refractivity contribution in [2.24, 2.45) is 0 Å². The molecule has 0 atom stereocenters. The van der Waals surface area contributed by atoms with Crippen molar-refractivity contribution in [3.05, 3.63) is 53.6 Å². The number of carbonyl (C=O) groups is 1. The second-order valence-electron chi connectivity index (χ2n) is 5.64. The summed E-state index contributed by atoms with van der Waals surface area (Å²) in [6.45, 7) is 0. The first-order chi connectivity index (χ1) is 11.2. The van der Waals surface area contributed by atoms with Gasteiger partial charge in [-0.25, -0.2) is 4.79 Å². The SMILES string of the molecule is O=C(Nc1ccc(Cl)cc1)Nc1cccc(OC2CCCC2)c1. The first kappa shape index (κ1) is 15.7. The Balaban J connectivity index is 1.58. The molecular formula is C18H19ClN2O2. The quantitative estimate of drug-likeness (QED) is 0.798. The Morgan fingerprint density at radius 3 is 2.43 bits per heavy atom. The molecule has 120 valence electrons. The largest absolute Gasteiger partial charge is 0.490 e. The van der Waals surface area contributed by atoms with Gasteiger partial charge in [-0.3, -0.25) is 0 Å². The van der Waals surface area contributed by atoms with Gasteiger partial charge in [-0.1, -0.05) is 17.7 Å². The number of amides is 2. The Bertz CT molecular complexity index is 667. The number of hydrogen-bond acceptors (Lipinski definition) is 2. The molecule has 0 aliphatic heterocycles. The minimum atomic E-state index is -0.301. The molecule has 4 nitrogen and oxygen atoms in total. The van der Waals surface area contributed by atoms with E-state index >= 15 is 0 Å².